The highest BCUT2D eigenvalue weighted by molar-refractivity contribution is 7.51. The Bertz CT molecular complexity index is 290. The van der Waals surface area contributed by atoms with E-state index in [-0.39, 0.29) is 6.61 Å². The molecule has 0 saturated heterocycles. The number of rotatable bonds is 7. The number of hydroxylamine groups is 3. The zero-order valence-corrected chi connectivity index (χ0v) is 9.96. The number of nitrogens with zero attached hydrogens (tertiary/aromatic N) is 1. The molecular formula is C7H16NO7P. The van der Waals surface area contributed by atoms with E-state index in [1.54, 1.807) is 6.92 Å². The fraction of sp³-hybridized carbons (Fsp3) is 0.857. The van der Waals surface area contributed by atoms with Gasteiger partial charge in [0, 0.05) is 6.92 Å². The fourth-order valence-corrected chi connectivity index (χ4v) is 2.17. The Morgan fingerprint density at radius 2 is 2.06 bits per heavy atom. The molecule has 16 heavy (non-hydrogen) atoms. The van der Waals surface area contributed by atoms with Crippen molar-refractivity contribution >= 4 is 13.6 Å². The molecule has 2 atom stereocenters. The van der Waals surface area contributed by atoms with E-state index >= 15 is 0 Å². The number of quaternary nitrogens is 1. The first-order valence-electron chi connectivity index (χ1n) is 4.56. The Morgan fingerprint density at radius 1 is 1.56 bits per heavy atom. The normalized spacial score (nSPS) is 17.8. The molecule has 0 spiro atoms. The lowest BCUT2D eigenvalue weighted by Gasteiger charge is -2.44. The van der Waals surface area contributed by atoms with E-state index < -0.39 is 37.3 Å². The van der Waals surface area contributed by atoms with Gasteiger partial charge in [-0.3, -0.25) is 4.57 Å². The summed E-state index contributed by atoms with van der Waals surface area (Å²) in [5, 5.41) is 20.5. The largest absolute Gasteiger partial charge is 0.630 e. The van der Waals surface area contributed by atoms with Gasteiger partial charge in [-0.05, 0) is 6.92 Å². The van der Waals surface area contributed by atoms with E-state index in [1.165, 1.54) is 6.92 Å². The number of carbonyl (C=O) groups is 1. The Kier molecular flexibility index (Phi) is 5.54. The molecule has 0 bridgehead atoms. The predicted octanol–water partition coefficient (Wildman–Crippen LogP) is -0.0967. The molecule has 0 aliphatic heterocycles. The number of ether oxygens (including phenoxy) is 1. The van der Waals surface area contributed by atoms with E-state index in [1.807, 2.05) is 0 Å². The van der Waals surface area contributed by atoms with Crippen molar-refractivity contribution in [2.24, 2.45) is 0 Å². The summed E-state index contributed by atoms with van der Waals surface area (Å²) in [6.07, 6.45) is -2.26. The van der Waals surface area contributed by atoms with Crippen molar-refractivity contribution in [2.75, 3.05) is 19.4 Å². The van der Waals surface area contributed by atoms with Gasteiger partial charge in [0.15, 0.2) is 19.1 Å². The quantitative estimate of drug-likeness (QED) is 0.251. The monoisotopic (exact) mass is 257 g/mol. The maximum atomic E-state index is 12.0. The molecule has 96 valence electrons. The van der Waals surface area contributed by atoms with Crippen LogP contribution < -0.4 is 0 Å². The average molecular weight is 257 g/mol. The van der Waals surface area contributed by atoms with E-state index in [2.05, 4.69) is 0 Å². The molecule has 0 radical (unpaired) electrons. The van der Waals surface area contributed by atoms with Crippen LogP contribution in [0.3, 0.4) is 0 Å². The zero-order chi connectivity index (χ0) is 13.0. The molecule has 0 aliphatic rings. The number of carboxylic acid groups (broad SMARTS) is 1. The third-order valence-electron chi connectivity index (χ3n) is 1.90. The second kappa shape index (κ2) is 5.72. The lowest BCUT2D eigenvalue weighted by atomic mass is 10.5. The summed E-state index contributed by atoms with van der Waals surface area (Å²) in [6.45, 7) is 2.09. The molecule has 0 aliphatic carbocycles. The summed E-state index contributed by atoms with van der Waals surface area (Å²) in [6, 6.07) is 0. The van der Waals surface area contributed by atoms with Crippen LogP contribution in [0.4, 0.5) is 0 Å². The first-order chi connectivity index (χ1) is 7.10. The zero-order valence-electron chi connectivity index (χ0n) is 9.07. The molecule has 0 heterocycles. The highest BCUT2D eigenvalue weighted by Crippen LogP contribution is 2.39. The van der Waals surface area contributed by atoms with Gasteiger partial charge in [0.1, 0.15) is 0 Å². The third kappa shape index (κ3) is 5.55. The van der Waals surface area contributed by atoms with E-state index in [0.717, 1.165) is 0 Å². The molecule has 8 nitrogen and oxygen atoms in total. The van der Waals surface area contributed by atoms with Gasteiger partial charge in [-0.15, -0.1) is 0 Å². The van der Waals surface area contributed by atoms with Crippen LogP contribution in [0.5, 0.6) is 0 Å². The van der Waals surface area contributed by atoms with Crippen LogP contribution in [0, 0.1) is 5.21 Å². The van der Waals surface area contributed by atoms with Gasteiger partial charge >= 0.3 is 13.6 Å². The van der Waals surface area contributed by atoms with Crippen LogP contribution in [0.15, 0.2) is 0 Å². The Hall–Kier alpha value is -0.500. The van der Waals surface area contributed by atoms with Crippen molar-refractivity contribution in [1.82, 2.24) is 0 Å². The summed E-state index contributed by atoms with van der Waals surface area (Å²) < 4.78 is 14.1. The van der Waals surface area contributed by atoms with Crippen molar-refractivity contribution in [1.29, 1.82) is 0 Å². The second-order valence-electron chi connectivity index (χ2n) is 3.36. The van der Waals surface area contributed by atoms with Crippen molar-refractivity contribution in [3.63, 3.8) is 0 Å². The van der Waals surface area contributed by atoms with Crippen LogP contribution in [-0.4, -0.2) is 51.2 Å². The first-order valence-corrected chi connectivity index (χ1v) is 6.36. The molecule has 9 heteroatoms. The van der Waals surface area contributed by atoms with Crippen LogP contribution in [0.2, 0.25) is 0 Å². The lowest BCUT2D eigenvalue weighted by molar-refractivity contribution is -0.910. The number of hydrogen-bond acceptors (Lipinski definition) is 4. The smallest absolute Gasteiger partial charge is 0.379 e. The standard InChI is InChI=1S/C7H16NO7P/c1-3-15-6(2)8(11,4-7(9)10)5-16(12,13)14/h6H,3-5H2,1-2H3,(H,9,10)(H2,12,13,14). The van der Waals surface area contributed by atoms with Crippen LogP contribution in [0.25, 0.3) is 0 Å². The Morgan fingerprint density at radius 3 is 2.38 bits per heavy atom. The van der Waals surface area contributed by atoms with E-state index in [0.29, 0.717) is 0 Å². The van der Waals surface area contributed by atoms with Crippen LogP contribution in [0.1, 0.15) is 13.8 Å². The van der Waals surface area contributed by atoms with Crippen molar-refractivity contribution in [3.8, 4) is 0 Å². The van der Waals surface area contributed by atoms with Gasteiger partial charge in [0.25, 0.3) is 0 Å². The number of aliphatic carboxylic acids is 1. The minimum atomic E-state index is -4.60. The molecule has 2 unspecified atom stereocenters. The van der Waals surface area contributed by atoms with Crippen LogP contribution in [-0.2, 0) is 14.1 Å². The number of carboxylic acids is 1. The minimum Gasteiger partial charge on any atom is -0.630 e. The van der Waals surface area contributed by atoms with Crippen molar-refractivity contribution in [2.45, 2.75) is 20.1 Å². The molecule has 0 rings (SSSR count). The SMILES string of the molecule is CCOC(C)[N+]([O-])(CC(=O)O)CP(=O)(O)O. The van der Waals surface area contributed by atoms with Gasteiger partial charge in [-0.25, -0.2) is 4.79 Å². The van der Waals surface area contributed by atoms with Crippen molar-refractivity contribution in [3.05, 3.63) is 5.21 Å². The maximum Gasteiger partial charge on any atom is 0.379 e. The first kappa shape index (κ1) is 15.5. The molecule has 0 amide bonds. The molecular weight excluding hydrogens is 241 g/mol. The van der Waals surface area contributed by atoms with Gasteiger partial charge in [0.05, 0.1) is 6.61 Å². The maximum absolute atomic E-state index is 12.0. The fourth-order valence-electron chi connectivity index (χ4n) is 1.21. The molecule has 0 aromatic heterocycles. The number of hydrogen-bond donors (Lipinski definition) is 3. The highest BCUT2D eigenvalue weighted by atomic mass is 31.2. The summed E-state index contributed by atoms with van der Waals surface area (Å²) in [4.78, 5) is 27.9. The molecule has 0 fully saturated rings. The summed E-state index contributed by atoms with van der Waals surface area (Å²) >= 11 is 0. The van der Waals surface area contributed by atoms with Gasteiger partial charge in [-0.2, -0.15) is 0 Å². The van der Waals surface area contributed by atoms with Gasteiger partial charge < -0.3 is 29.5 Å². The van der Waals surface area contributed by atoms with Crippen LogP contribution >= 0.6 is 7.60 Å². The molecule has 0 saturated carbocycles. The molecule has 3 N–H and O–H groups in total. The summed E-state index contributed by atoms with van der Waals surface area (Å²) in [5.41, 5.74) is 0. The molecule has 0 aromatic carbocycles. The van der Waals surface area contributed by atoms with Crippen molar-refractivity contribution < 1.29 is 33.6 Å². The Labute approximate surface area is 92.8 Å². The topological polar surface area (TPSA) is 127 Å². The van der Waals surface area contributed by atoms with E-state index in [9.17, 15) is 14.6 Å². The summed E-state index contributed by atoms with van der Waals surface area (Å²) in [7, 11) is -4.60. The second-order valence-corrected chi connectivity index (χ2v) is 4.98. The molecule has 0 aromatic rings. The lowest BCUT2D eigenvalue weighted by Crippen LogP contribution is -2.53. The predicted molar refractivity (Wildman–Crippen MR) is 54.1 cm³/mol. The Balaban J connectivity index is 4.87. The summed E-state index contributed by atoms with van der Waals surface area (Å²) in [5.74, 6) is -1.44. The minimum absolute atomic E-state index is 0.157. The average Bonchev–Trinajstić information content (AvgIpc) is 1.98. The van der Waals surface area contributed by atoms with Gasteiger partial charge in [0.2, 0.25) is 0 Å². The highest BCUT2D eigenvalue weighted by Gasteiger charge is 2.35. The third-order valence-corrected chi connectivity index (χ3v) is 2.74. The van der Waals surface area contributed by atoms with Gasteiger partial charge in [-0.1, -0.05) is 0 Å². The van der Waals surface area contributed by atoms with E-state index in [4.69, 9.17) is 19.6 Å².